The maximum Gasteiger partial charge on any atom is 0.253 e. The van der Waals surface area contributed by atoms with Crippen LogP contribution >= 0.6 is 0 Å². The van der Waals surface area contributed by atoms with Crippen molar-refractivity contribution in [3.63, 3.8) is 0 Å². The highest BCUT2D eigenvalue weighted by atomic mass is 16.3. The molecule has 3 saturated carbocycles. The Balaban J connectivity index is 1.31. The van der Waals surface area contributed by atoms with Crippen LogP contribution < -0.4 is 10.9 Å². The topological polar surface area (TPSA) is 91.6 Å². The van der Waals surface area contributed by atoms with Gasteiger partial charge in [0, 0.05) is 48.8 Å². The minimum absolute atomic E-state index is 0.125. The maximum atomic E-state index is 13.8. The summed E-state index contributed by atoms with van der Waals surface area (Å²) in [6.45, 7) is 1.21. The fourth-order valence-corrected chi connectivity index (χ4v) is 8.25. The number of pyridine rings is 1. The molecule has 38 heavy (non-hydrogen) atoms. The van der Waals surface area contributed by atoms with Crippen LogP contribution in [-0.2, 0) is 11.3 Å². The molecule has 2 bridgehead atoms. The predicted molar refractivity (Wildman–Crippen MR) is 146 cm³/mol. The Labute approximate surface area is 224 Å². The van der Waals surface area contributed by atoms with Gasteiger partial charge in [0.2, 0.25) is 5.91 Å². The maximum absolute atomic E-state index is 13.8. The average Bonchev–Trinajstić information content (AvgIpc) is 3.69. The van der Waals surface area contributed by atoms with E-state index in [-0.39, 0.29) is 23.4 Å². The molecule has 1 atom stereocenters. The van der Waals surface area contributed by atoms with E-state index in [1.54, 1.807) is 13.2 Å². The summed E-state index contributed by atoms with van der Waals surface area (Å²) in [4.78, 5) is 42.1. The van der Waals surface area contributed by atoms with Gasteiger partial charge in [0.25, 0.3) is 11.5 Å². The quantitative estimate of drug-likeness (QED) is 0.628. The van der Waals surface area contributed by atoms with Crippen LogP contribution in [0.1, 0.15) is 74.6 Å². The molecule has 2 N–H and O–H groups in total. The van der Waals surface area contributed by atoms with Gasteiger partial charge in [0.05, 0.1) is 17.7 Å². The average molecular weight is 518 g/mol. The Morgan fingerprint density at radius 2 is 1.76 bits per heavy atom. The summed E-state index contributed by atoms with van der Waals surface area (Å²) in [5, 5.41) is 15.0. The molecule has 4 aliphatic rings. The smallest absolute Gasteiger partial charge is 0.253 e. The van der Waals surface area contributed by atoms with Crippen LogP contribution in [0.4, 0.5) is 0 Å². The molecule has 1 unspecified atom stereocenters. The zero-order valence-electron chi connectivity index (χ0n) is 22.4. The SMILES string of the molecule is CNC(=O)c1cn(CC2(O)CCN(C(=O)C34CCC(CC3)C4)CC23CCCC3)c(=O)cc1-c1ccccc1. The second-order valence-electron chi connectivity index (χ2n) is 12.4. The molecular formula is C31H39N3O4. The van der Waals surface area contributed by atoms with Crippen LogP contribution in [0, 0.1) is 16.7 Å². The normalized spacial score (nSPS) is 29.6. The third-order valence-corrected chi connectivity index (χ3v) is 10.4. The predicted octanol–water partition coefficient (Wildman–Crippen LogP) is 3.98. The molecule has 4 fully saturated rings. The van der Waals surface area contributed by atoms with Crippen LogP contribution in [0.5, 0.6) is 0 Å². The molecule has 202 valence electrons. The number of likely N-dealkylation sites (tertiary alicyclic amines) is 1. The number of benzene rings is 1. The first kappa shape index (κ1) is 25.4. The largest absolute Gasteiger partial charge is 0.387 e. The van der Waals surface area contributed by atoms with Crippen molar-refractivity contribution in [2.75, 3.05) is 20.1 Å². The lowest BCUT2D eigenvalue weighted by Crippen LogP contribution is -2.63. The van der Waals surface area contributed by atoms with E-state index in [1.165, 1.54) is 23.5 Å². The number of aliphatic hydroxyl groups is 1. The molecule has 2 aromatic rings. The monoisotopic (exact) mass is 517 g/mol. The van der Waals surface area contributed by atoms with Crippen molar-refractivity contribution in [3.05, 3.63) is 58.5 Å². The van der Waals surface area contributed by atoms with Gasteiger partial charge in [-0.25, -0.2) is 0 Å². The number of carbonyl (C=O) groups is 2. The fourth-order valence-electron chi connectivity index (χ4n) is 8.25. The van der Waals surface area contributed by atoms with Crippen LogP contribution in [0.25, 0.3) is 11.1 Å². The number of carbonyl (C=O) groups excluding carboxylic acids is 2. The Morgan fingerprint density at radius 3 is 2.39 bits per heavy atom. The number of piperidine rings is 1. The fraction of sp³-hybridized carbons (Fsp3) is 0.581. The van der Waals surface area contributed by atoms with Gasteiger partial charge in [-0.3, -0.25) is 14.4 Å². The van der Waals surface area contributed by atoms with Crippen molar-refractivity contribution in [2.45, 2.75) is 76.4 Å². The molecule has 2 amide bonds. The highest BCUT2D eigenvalue weighted by Crippen LogP contribution is 2.57. The van der Waals surface area contributed by atoms with Crippen LogP contribution in [0.15, 0.2) is 47.4 Å². The van der Waals surface area contributed by atoms with Crippen molar-refractivity contribution in [3.8, 4) is 11.1 Å². The van der Waals surface area contributed by atoms with E-state index in [0.29, 0.717) is 42.5 Å². The molecule has 2 heterocycles. The third kappa shape index (κ3) is 4.01. The molecule has 7 heteroatoms. The minimum Gasteiger partial charge on any atom is -0.387 e. The van der Waals surface area contributed by atoms with E-state index in [2.05, 4.69) is 10.2 Å². The highest BCUT2D eigenvalue weighted by Gasteiger charge is 2.58. The van der Waals surface area contributed by atoms with Crippen molar-refractivity contribution in [2.24, 2.45) is 16.7 Å². The number of nitrogens with zero attached hydrogens (tertiary/aromatic N) is 2. The molecular weight excluding hydrogens is 478 g/mol. The number of aromatic nitrogens is 1. The molecule has 7 nitrogen and oxygen atoms in total. The van der Waals surface area contributed by atoms with Gasteiger partial charge < -0.3 is 19.9 Å². The number of hydrogen-bond donors (Lipinski definition) is 2. The summed E-state index contributed by atoms with van der Waals surface area (Å²) in [5.74, 6) is 0.741. The first-order valence-corrected chi connectivity index (χ1v) is 14.3. The van der Waals surface area contributed by atoms with Gasteiger partial charge >= 0.3 is 0 Å². The van der Waals surface area contributed by atoms with Crippen LogP contribution in [0.2, 0.25) is 0 Å². The Morgan fingerprint density at radius 1 is 1.05 bits per heavy atom. The number of hydrogen-bond acceptors (Lipinski definition) is 4. The van der Waals surface area contributed by atoms with Gasteiger partial charge in [-0.05, 0) is 62.8 Å². The van der Waals surface area contributed by atoms with E-state index in [1.807, 2.05) is 30.3 Å². The number of rotatable bonds is 5. The standard InChI is InChI=1S/C31H39N3O4/c1-32-27(36)25-19-34(26(35)17-24(25)23-7-3-2-4-8-23)21-31(38)15-16-33(20-30(31)11-5-6-12-30)28(37)29-13-9-22(18-29)10-14-29/h2-4,7-8,17,19,22,38H,5-6,9-16,18,20-21H2,1H3,(H,32,36). The summed E-state index contributed by atoms with van der Waals surface area (Å²) in [7, 11) is 1.58. The van der Waals surface area contributed by atoms with Gasteiger partial charge in [-0.2, -0.15) is 0 Å². The summed E-state index contributed by atoms with van der Waals surface area (Å²) in [6, 6.07) is 10.9. The zero-order valence-corrected chi connectivity index (χ0v) is 22.4. The number of amides is 2. The van der Waals surface area contributed by atoms with E-state index in [0.717, 1.165) is 50.5 Å². The lowest BCUT2D eigenvalue weighted by molar-refractivity contribution is -0.167. The third-order valence-electron chi connectivity index (χ3n) is 10.4. The van der Waals surface area contributed by atoms with Crippen molar-refractivity contribution >= 4 is 11.8 Å². The zero-order chi connectivity index (χ0) is 26.5. The second-order valence-corrected chi connectivity index (χ2v) is 12.4. The Hall–Kier alpha value is -2.93. The van der Waals surface area contributed by atoms with Gasteiger partial charge in [-0.1, -0.05) is 43.2 Å². The van der Waals surface area contributed by atoms with Crippen molar-refractivity contribution in [1.82, 2.24) is 14.8 Å². The summed E-state index contributed by atoms with van der Waals surface area (Å²) < 4.78 is 1.52. The molecule has 1 saturated heterocycles. The minimum atomic E-state index is -1.12. The molecule has 6 rings (SSSR count). The molecule has 1 aromatic carbocycles. The molecule has 3 aliphatic carbocycles. The lowest BCUT2D eigenvalue weighted by atomic mass is 9.65. The summed E-state index contributed by atoms with van der Waals surface area (Å²) in [5.41, 5.74) is -0.173. The molecule has 1 aromatic heterocycles. The summed E-state index contributed by atoms with van der Waals surface area (Å²) in [6.07, 6.45) is 11.2. The lowest BCUT2D eigenvalue weighted by Gasteiger charge is -2.53. The van der Waals surface area contributed by atoms with Gasteiger partial charge in [0.15, 0.2) is 0 Å². The van der Waals surface area contributed by atoms with Crippen molar-refractivity contribution < 1.29 is 14.7 Å². The molecule has 1 aliphatic heterocycles. The summed E-state index contributed by atoms with van der Waals surface area (Å²) >= 11 is 0. The second kappa shape index (κ2) is 9.37. The van der Waals surface area contributed by atoms with Gasteiger partial charge in [0.1, 0.15) is 0 Å². The number of nitrogens with one attached hydrogen (secondary N) is 1. The Bertz CT molecular complexity index is 1290. The highest BCUT2D eigenvalue weighted by molar-refractivity contribution is 6.00. The van der Waals surface area contributed by atoms with Gasteiger partial charge in [-0.15, -0.1) is 0 Å². The number of fused-ring (bicyclic) bond motifs is 2. The van der Waals surface area contributed by atoms with E-state index in [4.69, 9.17) is 0 Å². The van der Waals surface area contributed by atoms with E-state index >= 15 is 0 Å². The molecule has 1 spiro atoms. The van der Waals surface area contributed by atoms with Crippen molar-refractivity contribution in [1.29, 1.82) is 0 Å². The van der Waals surface area contributed by atoms with Crippen LogP contribution in [0.3, 0.4) is 0 Å². The van der Waals surface area contributed by atoms with Crippen LogP contribution in [-0.4, -0.2) is 52.1 Å². The first-order valence-electron chi connectivity index (χ1n) is 14.3. The first-order chi connectivity index (χ1) is 18.3. The Kier molecular flexibility index (Phi) is 6.25. The van der Waals surface area contributed by atoms with E-state index in [9.17, 15) is 19.5 Å². The van der Waals surface area contributed by atoms with E-state index < -0.39 is 11.0 Å². The molecule has 0 radical (unpaired) electrons.